The lowest BCUT2D eigenvalue weighted by Crippen LogP contribution is -2.45. The van der Waals surface area contributed by atoms with E-state index in [2.05, 4.69) is 17.1 Å². The quantitative estimate of drug-likeness (QED) is 0.717. The van der Waals surface area contributed by atoms with Crippen molar-refractivity contribution in [3.8, 4) is 0 Å². The van der Waals surface area contributed by atoms with E-state index in [0.29, 0.717) is 0 Å². The summed E-state index contributed by atoms with van der Waals surface area (Å²) in [4.78, 5) is 0. The van der Waals surface area contributed by atoms with Crippen LogP contribution in [0.25, 0.3) is 0 Å². The molecule has 0 aromatic rings. The van der Waals surface area contributed by atoms with E-state index in [0.717, 1.165) is 46.3 Å². The maximum absolute atomic E-state index is 4.16. The Morgan fingerprint density at radius 2 is 1.40 bits per heavy atom. The molecular formula is C18H29NS. The molecule has 2 heterocycles. The molecule has 0 radical (unpaired) electrons. The summed E-state index contributed by atoms with van der Waals surface area (Å²) in [7, 11) is 0. The first kappa shape index (κ1) is 12.8. The fourth-order valence-corrected chi connectivity index (χ4v) is 8.93. The molecule has 0 spiro atoms. The highest BCUT2D eigenvalue weighted by molar-refractivity contribution is 8.00. The van der Waals surface area contributed by atoms with Crippen LogP contribution in [-0.2, 0) is 0 Å². The summed E-state index contributed by atoms with van der Waals surface area (Å²) in [5.41, 5.74) is 0. The molecule has 1 nitrogen and oxygen atoms in total. The zero-order valence-corrected chi connectivity index (χ0v) is 13.4. The van der Waals surface area contributed by atoms with Gasteiger partial charge in [0.2, 0.25) is 0 Å². The number of hydrogen-bond donors (Lipinski definition) is 1. The third-order valence-corrected chi connectivity index (χ3v) is 9.37. The Morgan fingerprint density at radius 3 is 2.35 bits per heavy atom. The van der Waals surface area contributed by atoms with E-state index in [1.54, 1.807) is 19.3 Å². The minimum atomic E-state index is 0.900. The monoisotopic (exact) mass is 291 g/mol. The van der Waals surface area contributed by atoms with Crippen LogP contribution in [0.4, 0.5) is 0 Å². The molecule has 0 aromatic carbocycles. The second-order valence-corrected chi connectivity index (χ2v) is 9.66. The Morgan fingerprint density at radius 1 is 0.650 bits per heavy atom. The second-order valence-electron chi connectivity index (χ2n) is 8.24. The van der Waals surface area contributed by atoms with E-state index in [1.807, 2.05) is 0 Å². The lowest BCUT2D eigenvalue weighted by Gasteiger charge is -2.39. The van der Waals surface area contributed by atoms with Crippen LogP contribution >= 0.6 is 11.8 Å². The van der Waals surface area contributed by atoms with Crippen LogP contribution in [0.1, 0.15) is 64.2 Å². The van der Waals surface area contributed by atoms with Crippen molar-refractivity contribution < 1.29 is 0 Å². The molecule has 5 rings (SSSR count). The maximum atomic E-state index is 4.16. The van der Waals surface area contributed by atoms with E-state index >= 15 is 0 Å². The molecule has 20 heavy (non-hydrogen) atoms. The Bertz CT molecular complexity index is 348. The smallest absolute Gasteiger partial charge is 0.0238 e. The third-order valence-electron chi connectivity index (χ3n) is 7.48. The molecule has 5 aliphatic rings. The van der Waals surface area contributed by atoms with Gasteiger partial charge < -0.3 is 5.32 Å². The van der Waals surface area contributed by atoms with Gasteiger partial charge in [-0.3, -0.25) is 0 Å². The molecule has 0 amide bonds. The van der Waals surface area contributed by atoms with Gasteiger partial charge in [0.15, 0.2) is 0 Å². The van der Waals surface area contributed by atoms with Gasteiger partial charge in [-0.25, -0.2) is 0 Å². The summed E-state index contributed by atoms with van der Waals surface area (Å²) >= 11 is 2.44. The lowest BCUT2D eigenvalue weighted by atomic mass is 9.66. The zero-order valence-electron chi connectivity index (χ0n) is 12.6. The molecule has 1 N–H and O–H groups in total. The van der Waals surface area contributed by atoms with Gasteiger partial charge in [-0.1, -0.05) is 25.7 Å². The highest BCUT2D eigenvalue weighted by Crippen LogP contribution is 2.58. The van der Waals surface area contributed by atoms with E-state index in [1.165, 1.54) is 44.9 Å². The third kappa shape index (κ3) is 1.79. The van der Waals surface area contributed by atoms with E-state index in [4.69, 9.17) is 0 Å². The van der Waals surface area contributed by atoms with Crippen LogP contribution in [0.3, 0.4) is 0 Å². The number of thioether (sulfide) groups is 1. The number of rotatable bonds is 0. The zero-order chi connectivity index (χ0) is 13.1. The van der Waals surface area contributed by atoms with Gasteiger partial charge in [-0.2, -0.15) is 11.8 Å². The largest absolute Gasteiger partial charge is 0.310 e. The highest BCUT2D eigenvalue weighted by atomic mass is 32.2. The van der Waals surface area contributed by atoms with Gasteiger partial charge in [-0.15, -0.1) is 0 Å². The van der Waals surface area contributed by atoms with Crippen molar-refractivity contribution in [3.63, 3.8) is 0 Å². The summed E-state index contributed by atoms with van der Waals surface area (Å²) in [6.45, 7) is 0. The van der Waals surface area contributed by atoms with Gasteiger partial charge >= 0.3 is 0 Å². The molecule has 0 aromatic heterocycles. The van der Waals surface area contributed by atoms with Crippen molar-refractivity contribution >= 4 is 11.8 Å². The molecule has 3 aliphatic carbocycles. The maximum Gasteiger partial charge on any atom is 0.0238 e. The second kappa shape index (κ2) is 4.91. The van der Waals surface area contributed by atoms with Crippen LogP contribution < -0.4 is 5.32 Å². The molecule has 8 atom stereocenters. The predicted octanol–water partition coefficient (Wildman–Crippen LogP) is 4.22. The van der Waals surface area contributed by atoms with E-state index in [-0.39, 0.29) is 0 Å². The summed E-state index contributed by atoms with van der Waals surface area (Å²) in [5.74, 6) is 4.29. The molecule has 2 saturated heterocycles. The number of hydrogen-bond acceptors (Lipinski definition) is 2. The predicted molar refractivity (Wildman–Crippen MR) is 86.0 cm³/mol. The Kier molecular flexibility index (Phi) is 3.15. The fraction of sp³-hybridized carbons (Fsp3) is 1.00. The van der Waals surface area contributed by atoms with E-state index < -0.39 is 0 Å². The minimum absolute atomic E-state index is 0.900. The van der Waals surface area contributed by atoms with Gasteiger partial charge in [0.05, 0.1) is 0 Å². The van der Waals surface area contributed by atoms with Crippen molar-refractivity contribution in [3.05, 3.63) is 0 Å². The van der Waals surface area contributed by atoms with Crippen molar-refractivity contribution in [2.24, 2.45) is 23.7 Å². The van der Waals surface area contributed by atoms with Crippen molar-refractivity contribution in [2.45, 2.75) is 86.8 Å². The first-order chi connectivity index (χ1) is 9.92. The molecule has 112 valence electrons. The number of nitrogens with one attached hydrogen (secondary N) is 1. The topological polar surface area (TPSA) is 12.0 Å². The van der Waals surface area contributed by atoms with Gasteiger partial charge in [0.25, 0.3) is 0 Å². The SMILES string of the molecule is C1CCC2C(C1)NC1C2CCC2C3CCCCC3SC21. The molecule has 0 bridgehead atoms. The van der Waals surface area contributed by atoms with Gasteiger partial charge in [-0.05, 0) is 62.2 Å². The molecule has 2 heteroatoms. The standard InChI is InChI=1S/C18H29NS/c1-3-7-15-11(5-1)13-9-10-14-12-6-2-4-8-16(12)20-18(14)17(13)19-15/h11-19H,1-10H2. The van der Waals surface area contributed by atoms with Crippen molar-refractivity contribution in [1.29, 1.82) is 0 Å². The average Bonchev–Trinajstić information content (AvgIpc) is 3.05. The minimum Gasteiger partial charge on any atom is -0.310 e. The summed E-state index contributed by atoms with van der Waals surface area (Å²) in [5, 5.41) is 6.19. The Hall–Kier alpha value is 0.310. The fourth-order valence-electron chi connectivity index (χ4n) is 6.69. The average molecular weight is 292 g/mol. The first-order valence-corrected chi connectivity index (χ1v) is 10.3. The van der Waals surface area contributed by atoms with Crippen LogP contribution in [0, 0.1) is 23.7 Å². The molecule has 5 fully saturated rings. The van der Waals surface area contributed by atoms with Crippen molar-refractivity contribution in [1.82, 2.24) is 5.32 Å². The Balaban J connectivity index is 1.40. The molecular weight excluding hydrogens is 262 g/mol. The normalized spacial score (nSPS) is 57.6. The summed E-state index contributed by atoms with van der Waals surface area (Å²) in [6.07, 6.45) is 15.3. The first-order valence-electron chi connectivity index (χ1n) is 9.33. The summed E-state index contributed by atoms with van der Waals surface area (Å²) in [6, 6.07) is 1.80. The van der Waals surface area contributed by atoms with Crippen LogP contribution in [0.2, 0.25) is 0 Å². The Labute approximate surface area is 128 Å². The van der Waals surface area contributed by atoms with Crippen LogP contribution in [0.5, 0.6) is 0 Å². The number of fused-ring (bicyclic) bond motifs is 7. The van der Waals surface area contributed by atoms with Crippen LogP contribution in [-0.4, -0.2) is 22.6 Å². The molecule has 2 aliphatic heterocycles. The van der Waals surface area contributed by atoms with E-state index in [9.17, 15) is 0 Å². The van der Waals surface area contributed by atoms with Gasteiger partial charge in [0, 0.05) is 22.6 Å². The van der Waals surface area contributed by atoms with Crippen molar-refractivity contribution in [2.75, 3.05) is 0 Å². The molecule has 3 saturated carbocycles. The van der Waals surface area contributed by atoms with Gasteiger partial charge in [0.1, 0.15) is 0 Å². The highest BCUT2D eigenvalue weighted by Gasteiger charge is 2.56. The summed E-state index contributed by atoms with van der Waals surface area (Å²) < 4.78 is 0. The van der Waals surface area contributed by atoms with Crippen LogP contribution in [0.15, 0.2) is 0 Å². The lowest BCUT2D eigenvalue weighted by molar-refractivity contribution is 0.161. The molecule has 8 unspecified atom stereocenters.